The average Bonchev–Trinajstić information content (AvgIpc) is 2.90. The van der Waals surface area contributed by atoms with E-state index in [9.17, 15) is 9.18 Å². The van der Waals surface area contributed by atoms with Crippen molar-refractivity contribution in [2.75, 3.05) is 12.0 Å². The van der Waals surface area contributed by atoms with E-state index in [4.69, 9.17) is 4.74 Å². The van der Waals surface area contributed by atoms with Gasteiger partial charge in [-0.3, -0.25) is 10.2 Å². The minimum absolute atomic E-state index is 0.0446. The number of amides is 1. The van der Waals surface area contributed by atoms with Crippen LogP contribution in [0.4, 0.5) is 4.39 Å². The van der Waals surface area contributed by atoms with Gasteiger partial charge in [0.05, 0.1) is 11.0 Å². The number of halogens is 1. The minimum Gasteiger partial charge on any atom is -0.481 e. The molecule has 5 nitrogen and oxygen atoms in total. The second-order valence-corrected chi connectivity index (χ2v) is 4.36. The third-order valence-electron chi connectivity index (χ3n) is 2.89. The van der Waals surface area contributed by atoms with Crippen molar-refractivity contribution in [2.24, 2.45) is 0 Å². The lowest BCUT2D eigenvalue weighted by molar-refractivity contribution is -0.119. The first-order valence-electron chi connectivity index (χ1n) is 6.33. The second kappa shape index (κ2) is 5.62. The molecule has 0 aliphatic rings. The molecule has 21 heavy (non-hydrogen) atoms. The van der Waals surface area contributed by atoms with Crippen LogP contribution in [0.25, 0.3) is 11.0 Å². The van der Waals surface area contributed by atoms with Crippen LogP contribution in [0.3, 0.4) is 0 Å². The van der Waals surface area contributed by atoms with E-state index in [1.807, 2.05) is 24.3 Å². The zero-order valence-electron chi connectivity index (χ0n) is 11.0. The lowest BCUT2D eigenvalue weighted by Crippen LogP contribution is -2.27. The molecule has 0 radical (unpaired) electrons. The second-order valence-electron chi connectivity index (χ2n) is 4.36. The molecule has 3 aromatic rings. The van der Waals surface area contributed by atoms with E-state index in [2.05, 4.69) is 10.4 Å². The van der Waals surface area contributed by atoms with Crippen LogP contribution in [-0.4, -0.2) is 22.2 Å². The highest BCUT2D eigenvalue weighted by Gasteiger charge is 2.08. The standard InChI is InChI=1S/C15H12FN3O2/c16-11-5-1-4-8-14(11)21-9-15(20)18-19-10-17-12-6-2-3-7-13(12)19/h1-8,10H,9H2,(H,18,20). The lowest BCUT2D eigenvalue weighted by Gasteiger charge is -2.09. The number of imidazole rings is 1. The van der Waals surface area contributed by atoms with Gasteiger partial charge in [-0.1, -0.05) is 24.3 Å². The number of aromatic nitrogens is 2. The summed E-state index contributed by atoms with van der Waals surface area (Å²) in [4.78, 5) is 16.0. The zero-order chi connectivity index (χ0) is 14.7. The van der Waals surface area contributed by atoms with Crippen molar-refractivity contribution in [3.63, 3.8) is 0 Å². The summed E-state index contributed by atoms with van der Waals surface area (Å²) < 4.78 is 20.0. The molecule has 0 spiro atoms. The average molecular weight is 285 g/mol. The number of nitrogens with zero attached hydrogens (tertiary/aromatic N) is 2. The Morgan fingerprint density at radius 1 is 1.19 bits per heavy atom. The smallest absolute Gasteiger partial charge is 0.276 e. The van der Waals surface area contributed by atoms with Gasteiger partial charge in [-0.15, -0.1) is 0 Å². The monoisotopic (exact) mass is 285 g/mol. The summed E-state index contributed by atoms with van der Waals surface area (Å²) in [5.74, 6) is -0.858. The van der Waals surface area contributed by atoms with E-state index >= 15 is 0 Å². The van der Waals surface area contributed by atoms with Crippen LogP contribution in [0.1, 0.15) is 0 Å². The maximum absolute atomic E-state index is 13.4. The SMILES string of the molecule is O=C(COc1ccccc1F)Nn1cnc2ccccc21. The Balaban J connectivity index is 1.66. The van der Waals surface area contributed by atoms with Crippen LogP contribution in [0, 0.1) is 5.82 Å². The van der Waals surface area contributed by atoms with Crippen molar-refractivity contribution in [2.45, 2.75) is 0 Å². The van der Waals surface area contributed by atoms with Crippen LogP contribution < -0.4 is 10.2 Å². The Kier molecular flexibility index (Phi) is 3.51. The number of hydrogen-bond acceptors (Lipinski definition) is 3. The maximum Gasteiger partial charge on any atom is 0.276 e. The number of benzene rings is 2. The Hall–Kier alpha value is -2.89. The normalized spacial score (nSPS) is 10.5. The number of para-hydroxylation sites is 3. The van der Waals surface area contributed by atoms with Gasteiger partial charge in [-0.2, -0.15) is 0 Å². The summed E-state index contributed by atoms with van der Waals surface area (Å²) in [6.45, 7) is -0.284. The number of fused-ring (bicyclic) bond motifs is 1. The zero-order valence-corrected chi connectivity index (χ0v) is 11.0. The van der Waals surface area contributed by atoms with Crippen LogP contribution in [0.15, 0.2) is 54.9 Å². The Morgan fingerprint density at radius 3 is 2.81 bits per heavy atom. The predicted molar refractivity (Wildman–Crippen MR) is 76.0 cm³/mol. The molecule has 0 unspecified atom stereocenters. The first-order chi connectivity index (χ1) is 10.2. The molecular weight excluding hydrogens is 273 g/mol. The number of rotatable bonds is 4. The molecule has 0 aliphatic carbocycles. The fraction of sp³-hybridized carbons (Fsp3) is 0.0667. The molecule has 0 aliphatic heterocycles. The summed E-state index contributed by atoms with van der Waals surface area (Å²) in [5.41, 5.74) is 4.17. The summed E-state index contributed by atoms with van der Waals surface area (Å²) in [7, 11) is 0. The quantitative estimate of drug-likeness (QED) is 0.800. The summed E-state index contributed by atoms with van der Waals surface area (Å²) >= 11 is 0. The minimum atomic E-state index is -0.501. The molecule has 6 heteroatoms. The van der Waals surface area contributed by atoms with Crippen LogP contribution in [0.5, 0.6) is 5.75 Å². The van der Waals surface area contributed by atoms with Gasteiger partial charge in [0.2, 0.25) is 0 Å². The van der Waals surface area contributed by atoms with Gasteiger partial charge < -0.3 is 4.74 Å². The molecule has 3 rings (SSSR count). The fourth-order valence-corrected chi connectivity index (χ4v) is 1.92. The molecule has 1 aromatic heterocycles. The Labute approximate surface area is 119 Å². The van der Waals surface area contributed by atoms with E-state index in [1.165, 1.54) is 23.1 Å². The van der Waals surface area contributed by atoms with E-state index in [1.54, 1.807) is 12.1 Å². The van der Waals surface area contributed by atoms with Gasteiger partial charge in [0.25, 0.3) is 5.91 Å². The van der Waals surface area contributed by atoms with Crippen LogP contribution in [-0.2, 0) is 4.79 Å². The van der Waals surface area contributed by atoms with Gasteiger partial charge >= 0.3 is 0 Å². The molecule has 1 N–H and O–H groups in total. The highest BCUT2D eigenvalue weighted by atomic mass is 19.1. The first kappa shape index (κ1) is 13.1. The Morgan fingerprint density at radius 2 is 1.95 bits per heavy atom. The fourth-order valence-electron chi connectivity index (χ4n) is 1.92. The van der Waals surface area contributed by atoms with E-state index < -0.39 is 11.7 Å². The van der Waals surface area contributed by atoms with Crippen molar-refractivity contribution in [1.29, 1.82) is 0 Å². The van der Waals surface area contributed by atoms with Gasteiger partial charge in [-0.25, -0.2) is 14.1 Å². The summed E-state index contributed by atoms with van der Waals surface area (Å²) in [6.07, 6.45) is 1.51. The summed E-state index contributed by atoms with van der Waals surface area (Å²) in [5, 5.41) is 0. The van der Waals surface area contributed by atoms with E-state index in [-0.39, 0.29) is 12.4 Å². The van der Waals surface area contributed by atoms with Gasteiger partial charge in [-0.05, 0) is 24.3 Å². The molecular formula is C15H12FN3O2. The van der Waals surface area contributed by atoms with Crippen LogP contribution >= 0.6 is 0 Å². The molecule has 1 amide bonds. The van der Waals surface area contributed by atoms with Crippen LogP contribution in [0.2, 0.25) is 0 Å². The molecule has 0 fully saturated rings. The molecule has 106 valence electrons. The molecule has 1 heterocycles. The molecule has 0 bridgehead atoms. The third kappa shape index (κ3) is 2.84. The van der Waals surface area contributed by atoms with Gasteiger partial charge in [0.15, 0.2) is 18.2 Å². The van der Waals surface area contributed by atoms with Crippen molar-refractivity contribution >= 4 is 16.9 Å². The lowest BCUT2D eigenvalue weighted by atomic mass is 10.3. The number of ether oxygens (including phenoxy) is 1. The van der Waals surface area contributed by atoms with Crippen molar-refractivity contribution in [3.05, 3.63) is 60.7 Å². The van der Waals surface area contributed by atoms with Crippen molar-refractivity contribution in [3.8, 4) is 5.75 Å². The van der Waals surface area contributed by atoms with Gasteiger partial charge in [0, 0.05) is 0 Å². The van der Waals surface area contributed by atoms with Crippen molar-refractivity contribution < 1.29 is 13.9 Å². The number of carbonyl (C=O) groups excluding carboxylic acids is 1. The molecule has 0 saturated carbocycles. The van der Waals surface area contributed by atoms with E-state index in [0.717, 1.165) is 11.0 Å². The van der Waals surface area contributed by atoms with Crippen molar-refractivity contribution in [1.82, 2.24) is 9.66 Å². The number of nitrogens with one attached hydrogen (secondary N) is 1. The Bertz CT molecular complexity index is 785. The highest BCUT2D eigenvalue weighted by Crippen LogP contribution is 2.15. The summed E-state index contributed by atoms with van der Waals surface area (Å²) in [6, 6.07) is 13.3. The topological polar surface area (TPSA) is 56.1 Å². The third-order valence-corrected chi connectivity index (χ3v) is 2.89. The predicted octanol–water partition coefficient (Wildman–Crippen LogP) is 2.32. The highest BCUT2D eigenvalue weighted by molar-refractivity contribution is 5.87. The largest absolute Gasteiger partial charge is 0.481 e. The molecule has 2 aromatic carbocycles. The number of carbonyl (C=O) groups is 1. The van der Waals surface area contributed by atoms with Gasteiger partial charge in [0.1, 0.15) is 6.33 Å². The van der Waals surface area contributed by atoms with E-state index in [0.29, 0.717) is 0 Å². The maximum atomic E-state index is 13.4. The number of hydrogen-bond donors (Lipinski definition) is 1. The first-order valence-corrected chi connectivity index (χ1v) is 6.33. The molecule has 0 atom stereocenters. The molecule has 0 saturated heterocycles.